The van der Waals surface area contributed by atoms with Gasteiger partial charge >= 0.3 is 6.09 Å². The highest BCUT2D eigenvalue weighted by Crippen LogP contribution is 2.45. The Labute approximate surface area is 238 Å². The van der Waals surface area contributed by atoms with Gasteiger partial charge in [-0.25, -0.2) is 4.79 Å². The van der Waals surface area contributed by atoms with Gasteiger partial charge in [0.25, 0.3) is 0 Å². The SMILES string of the molecule is CONC(=O)OCCOc1c(C)c(C)c2c(c1C)CC[C@@](C)(CCC[C@H](C)CCC[C@H](C)CCCC(C)C)O2. The van der Waals surface area contributed by atoms with E-state index < -0.39 is 6.09 Å². The minimum atomic E-state index is -0.625. The molecule has 0 saturated heterocycles. The first-order chi connectivity index (χ1) is 18.5. The Morgan fingerprint density at radius 1 is 0.897 bits per heavy atom. The van der Waals surface area contributed by atoms with Crippen molar-refractivity contribution in [2.24, 2.45) is 17.8 Å². The maximum Gasteiger partial charge on any atom is 0.431 e. The molecule has 1 amide bonds. The van der Waals surface area contributed by atoms with Crippen molar-refractivity contribution < 1.29 is 23.8 Å². The summed E-state index contributed by atoms with van der Waals surface area (Å²) in [5, 5.41) is 0. The average molecular weight is 548 g/mol. The maximum absolute atomic E-state index is 11.4. The lowest BCUT2D eigenvalue weighted by Crippen LogP contribution is -2.37. The molecule has 6 heteroatoms. The van der Waals surface area contributed by atoms with Gasteiger partial charge < -0.3 is 14.2 Å². The third-order valence-electron chi connectivity index (χ3n) is 8.59. The van der Waals surface area contributed by atoms with Gasteiger partial charge in [-0.15, -0.1) is 0 Å². The quantitative estimate of drug-likeness (QED) is 0.156. The molecule has 0 fully saturated rings. The van der Waals surface area contributed by atoms with Crippen LogP contribution in [-0.2, 0) is 16.0 Å². The number of hydrogen-bond donors (Lipinski definition) is 1. The summed E-state index contributed by atoms with van der Waals surface area (Å²) in [5.74, 6) is 4.39. The van der Waals surface area contributed by atoms with Crippen molar-refractivity contribution in [2.75, 3.05) is 20.3 Å². The predicted molar refractivity (Wildman–Crippen MR) is 160 cm³/mol. The van der Waals surface area contributed by atoms with Crippen molar-refractivity contribution in [1.82, 2.24) is 5.48 Å². The largest absolute Gasteiger partial charge is 0.489 e. The number of carbonyl (C=O) groups is 1. The summed E-state index contributed by atoms with van der Waals surface area (Å²) in [6.45, 7) is 18.5. The highest BCUT2D eigenvalue weighted by Gasteiger charge is 2.34. The van der Waals surface area contributed by atoms with Crippen LogP contribution in [0.15, 0.2) is 0 Å². The number of fused-ring (bicyclic) bond motifs is 1. The van der Waals surface area contributed by atoms with Crippen LogP contribution in [0.3, 0.4) is 0 Å². The lowest BCUT2D eigenvalue weighted by Gasteiger charge is -2.38. The van der Waals surface area contributed by atoms with Gasteiger partial charge in [-0.05, 0) is 87.8 Å². The van der Waals surface area contributed by atoms with Crippen molar-refractivity contribution in [2.45, 2.75) is 132 Å². The summed E-state index contributed by atoms with van der Waals surface area (Å²) >= 11 is 0. The monoisotopic (exact) mass is 547 g/mol. The van der Waals surface area contributed by atoms with Crippen LogP contribution < -0.4 is 15.0 Å². The zero-order chi connectivity index (χ0) is 29.0. The van der Waals surface area contributed by atoms with Crippen LogP contribution in [-0.4, -0.2) is 32.0 Å². The zero-order valence-electron chi connectivity index (χ0n) is 26.5. The lowest BCUT2D eigenvalue weighted by molar-refractivity contribution is 0.0501. The normalized spacial score (nSPS) is 18.3. The molecule has 0 aliphatic carbocycles. The number of carbonyl (C=O) groups excluding carboxylic acids is 1. The van der Waals surface area contributed by atoms with Crippen molar-refractivity contribution >= 4 is 6.09 Å². The molecule has 0 radical (unpaired) electrons. The summed E-state index contributed by atoms with van der Waals surface area (Å²) in [6.07, 6.45) is 13.2. The van der Waals surface area contributed by atoms with E-state index in [4.69, 9.17) is 14.2 Å². The van der Waals surface area contributed by atoms with Crippen molar-refractivity contribution in [1.29, 1.82) is 0 Å². The van der Waals surface area contributed by atoms with Gasteiger partial charge in [0.05, 0.1) is 7.11 Å². The molecule has 6 nitrogen and oxygen atoms in total. The first-order valence-electron chi connectivity index (χ1n) is 15.4. The van der Waals surface area contributed by atoms with E-state index >= 15 is 0 Å². The first-order valence-corrected chi connectivity index (χ1v) is 15.4. The van der Waals surface area contributed by atoms with Gasteiger partial charge in [-0.1, -0.05) is 72.6 Å². The van der Waals surface area contributed by atoms with Crippen LogP contribution in [0.25, 0.3) is 0 Å². The number of benzene rings is 1. The fourth-order valence-electron chi connectivity index (χ4n) is 5.87. The molecule has 1 heterocycles. The van der Waals surface area contributed by atoms with Crippen LogP contribution in [0.5, 0.6) is 11.5 Å². The number of nitrogens with one attached hydrogen (secondary N) is 1. The van der Waals surface area contributed by atoms with Crippen LogP contribution >= 0.6 is 0 Å². The number of rotatable bonds is 17. The third-order valence-corrected chi connectivity index (χ3v) is 8.59. The molecule has 0 spiro atoms. The minimum Gasteiger partial charge on any atom is -0.489 e. The van der Waals surface area contributed by atoms with Gasteiger partial charge in [-0.3, -0.25) is 4.84 Å². The highest BCUT2D eigenvalue weighted by molar-refractivity contribution is 5.65. The van der Waals surface area contributed by atoms with Crippen LogP contribution in [0.4, 0.5) is 4.79 Å². The molecule has 39 heavy (non-hydrogen) atoms. The van der Waals surface area contributed by atoms with E-state index in [1.807, 2.05) is 0 Å². The summed E-state index contributed by atoms with van der Waals surface area (Å²) in [5.41, 5.74) is 6.62. The molecule has 1 aromatic rings. The van der Waals surface area contributed by atoms with E-state index in [1.165, 1.54) is 64.0 Å². The van der Waals surface area contributed by atoms with E-state index in [-0.39, 0.29) is 18.8 Å². The molecular weight excluding hydrogens is 490 g/mol. The fourth-order valence-corrected chi connectivity index (χ4v) is 5.87. The maximum atomic E-state index is 11.4. The molecule has 1 aliphatic rings. The number of ether oxygens (including phenoxy) is 3. The smallest absolute Gasteiger partial charge is 0.431 e. The minimum absolute atomic E-state index is 0.119. The van der Waals surface area contributed by atoms with E-state index in [1.54, 1.807) is 0 Å². The molecule has 224 valence electrons. The van der Waals surface area contributed by atoms with Gasteiger partial charge in [0.1, 0.15) is 30.3 Å². The first kappa shape index (κ1) is 33.3. The van der Waals surface area contributed by atoms with Crippen molar-refractivity contribution in [3.8, 4) is 11.5 Å². The molecule has 1 aliphatic heterocycles. The lowest BCUT2D eigenvalue weighted by atomic mass is 9.83. The average Bonchev–Trinajstić information content (AvgIpc) is 2.86. The number of hydroxylamine groups is 1. The van der Waals surface area contributed by atoms with E-state index in [0.29, 0.717) is 0 Å². The van der Waals surface area contributed by atoms with Crippen molar-refractivity contribution in [3.05, 3.63) is 22.3 Å². The standard InChI is InChI=1S/C33H57NO5/c1-23(2)13-10-14-24(3)15-11-16-25(4)17-12-19-33(8)20-18-29-28(7)30(26(5)27(6)31(29)39-33)37-21-22-38-32(35)34-36-9/h23-25H,10-22H2,1-9H3,(H,34,35)/t24-,25-,33-/m1/s1. The second-order valence-corrected chi connectivity index (χ2v) is 12.7. The number of hydrogen-bond acceptors (Lipinski definition) is 5. The summed E-state index contributed by atoms with van der Waals surface area (Å²) in [6, 6.07) is 0. The summed E-state index contributed by atoms with van der Waals surface area (Å²) in [4.78, 5) is 15.9. The fraction of sp³-hybridized carbons (Fsp3) is 0.788. The van der Waals surface area contributed by atoms with Crippen LogP contribution in [0.1, 0.15) is 121 Å². The predicted octanol–water partition coefficient (Wildman–Crippen LogP) is 8.80. The van der Waals surface area contributed by atoms with Gasteiger partial charge in [-0.2, -0.15) is 5.48 Å². The topological polar surface area (TPSA) is 66.0 Å². The molecule has 1 aromatic carbocycles. The Morgan fingerprint density at radius 2 is 1.51 bits per heavy atom. The molecule has 2 rings (SSSR count). The number of amides is 1. The third kappa shape index (κ3) is 10.9. The Hall–Kier alpha value is -1.95. The van der Waals surface area contributed by atoms with E-state index in [2.05, 4.69) is 65.7 Å². The molecule has 0 aromatic heterocycles. The zero-order valence-corrected chi connectivity index (χ0v) is 26.5. The van der Waals surface area contributed by atoms with Crippen molar-refractivity contribution in [3.63, 3.8) is 0 Å². The highest BCUT2D eigenvalue weighted by atomic mass is 16.7. The van der Waals surface area contributed by atoms with Crippen LogP contribution in [0.2, 0.25) is 0 Å². The molecule has 0 saturated carbocycles. The molecule has 0 unspecified atom stereocenters. The van der Waals surface area contributed by atoms with Gasteiger partial charge in [0.15, 0.2) is 0 Å². The van der Waals surface area contributed by atoms with E-state index in [9.17, 15) is 4.79 Å². The molecule has 1 N–H and O–H groups in total. The summed E-state index contributed by atoms with van der Waals surface area (Å²) < 4.78 is 17.8. The summed E-state index contributed by atoms with van der Waals surface area (Å²) in [7, 11) is 1.37. The van der Waals surface area contributed by atoms with Crippen LogP contribution in [0, 0.1) is 38.5 Å². The molecule has 3 atom stereocenters. The van der Waals surface area contributed by atoms with E-state index in [0.717, 1.165) is 65.2 Å². The Balaban J connectivity index is 1.82. The Kier molecular flexibility index (Phi) is 13.9. The second kappa shape index (κ2) is 16.3. The van der Waals surface area contributed by atoms with Gasteiger partial charge in [0.2, 0.25) is 0 Å². The molecule has 0 bridgehead atoms. The second-order valence-electron chi connectivity index (χ2n) is 12.7. The Bertz CT molecular complexity index is 899. The Morgan fingerprint density at radius 3 is 2.13 bits per heavy atom. The molecular formula is C33H57NO5. The van der Waals surface area contributed by atoms with Gasteiger partial charge in [0, 0.05) is 5.56 Å².